The van der Waals surface area contributed by atoms with E-state index in [-0.39, 0.29) is 12.4 Å². The van der Waals surface area contributed by atoms with Crippen molar-refractivity contribution in [2.75, 3.05) is 11.9 Å². The Morgan fingerprint density at radius 1 is 1.39 bits per heavy atom. The molecular weight excluding hydrogens is 380 g/mol. The standard InChI is InChI=1S/C15H13BrN4O2S/c1-2-22-13(21)6-10-7-23-15(19-10)20-14-11-5-9(16)3-4-12(11)17-8-18-14/h3-5,7-8H,2,6H2,1H3,(H,17,18,19,20). The quantitative estimate of drug-likeness (QED) is 0.667. The highest BCUT2D eigenvalue weighted by Gasteiger charge is 2.10. The van der Waals surface area contributed by atoms with Gasteiger partial charge in [0.25, 0.3) is 0 Å². The van der Waals surface area contributed by atoms with Crippen LogP contribution in [0.25, 0.3) is 10.9 Å². The fourth-order valence-corrected chi connectivity index (χ4v) is 3.11. The Labute approximate surface area is 145 Å². The van der Waals surface area contributed by atoms with Crippen molar-refractivity contribution in [3.05, 3.63) is 40.1 Å². The molecule has 0 amide bonds. The van der Waals surface area contributed by atoms with Crippen molar-refractivity contribution in [1.29, 1.82) is 0 Å². The predicted molar refractivity (Wildman–Crippen MR) is 93.0 cm³/mol. The largest absolute Gasteiger partial charge is 0.466 e. The maximum absolute atomic E-state index is 11.5. The fraction of sp³-hybridized carbons (Fsp3) is 0.200. The van der Waals surface area contributed by atoms with Crippen LogP contribution in [-0.4, -0.2) is 27.5 Å². The van der Waals surface area contributed by atoms with E-state index in [1.54, 1.807) is 6.92 Å². The lowest BCUT2D eigenvalue weighted by Crippen LogP contribution is -2.07. The molecule has 0 bridgehead atoms. The molecule has 0 aliphatic carbocycles. The number of hydrogen-bond acceptors (Lipinski definition) is 7. The summed E-state index contributed by atoms with van der Waals surface area (Å²) in [4.78, 5) is 24.4. The van der Waals surface area contributed by atoms with Crippen molar-refractivity contribution in [2.24, 2.45) is 0 Å². The van der Waals surface area contributed by atoms with E-state index in [9.17, 15) is 4.79 Å². The molecular formula is C15H13BrN4O2S. The molecule has 0 unspecified atom stereocenters. The van der Waals surface area contributed by atoms with Crippen LogP contribution in [0.2, 0.25) is 0 Å². The molecule has 23 heavy (non-hydrogen) atoms. The third-order valence-corrected chi connectivity index (χ3v) is 4.31. The lowest BCUT2D eigenvalue weighted by molar-refractivity contribution is -0.142. The van der Waals surface area contributed by atoms with Crippen LogP contribution in [0.1, 0.15) is 12.6 Å². The first-order valence-corrected chi connectivity index (χ1v) is 8.60. The van der Waals surface area contributed by atoms with E-state index in [1.165, 1.54) is 17.7 Å². The SMILES string of the molecule is CCOC(=O)Cc1csc(Nc2ncnc3ccc(Br)cc23)n1. The minimum Gasteiger partial charge on any atom is -0.466 e. The molecule has 6 nitrogen and oxygen atoms in total. The summed E-state index contributed by atoms with van der Waals surface area (Å²) < 4.78 is 5.87. The van der Waals surface area contributed by atoms with Crippen LogP contribution < -0.4 is 5.32 Å². The summed E-state index contributed by atoms with van der Waals surface area (Å²) in [5.74, 6) is 0.397. The summed E-state index contributed by atoms with van der Waals surface area (Å²) in [6.45, 7) is 2.15. The molecule has 0 spiro atoms. The number of anilines is 2. The van der Waals surface area contributed by atoms with Crippen LogP contribution in [0.5, 0.6) is 0 Å². The summed E-state index contributed by atoms with van der Waals surface area (Å²) >= 11 is 4.87. The van der Waals surface area contributed by atoms with Gasteiger partial charge in [-0.15, -0.1) is 11.3 Å². The van der Waals surface area contributed by atoms with Gasteiger partial charge in [-0.3, -0.25) is 4.79 Å². The molecule has 8 heteroatoms. The van der Waals surface area contributed by atoms with Gasteiger partial charge in [0.1, 0.15) is 12.1 Å². The number of esters is 1. The van der Waals surface area contributed by atoms with Crippen molar-refractivity contribution in [2.45, 2.75) is 13.3 Å². The van der Waals surface area contributed by atoms with Crippen molar-refractivity contribution in [1.82, 2.24) is 15.0 Å². The summed E-state index contributed by atoms with van der Waals surface area (Å²) in [6.07, 6.45) is 1.67. The Morgan fingerprint density at radius 3 is 3.09 bits per heavy atom. The molecule has 2 heterocycles. The predicted octanol–water partition coefficient (Wildman–Crippen LogP) is 3.70. The Bertz CT molecular complexity index is 852. The van der Waals surface area contributed by atoms with E-state index in [0.29, 0.717) is 23.3 Å². The molecule has 3 rings (SSSR count). The lowest BCUT2D eigenvalue weighted by Gasteiger charge is -2.05. The van der Waals surface area contributed by atoms with E-state index in [0.717, 1.165) is 15.4 Å². The van der Waals surface area contributed by atoms with Crippen LogP contribution in [0.3, 0.4) is 0 Å². The number of nitrogens with zero attached hydrogens (tertiary/aromatic N) is 3. The van der Waals surface area contributed by atoms with Gasteiger partial charge in [0.2, 0.25) is 0 Å². The van der Waals surface area contributed by atoms with Gasteiger partial charge in [-0.1, -0.05) is 15.9 Å². The van der Waals surface area contributed by atoms with E-state index < -0.39 is 0 Å². The molecule has 1 N–H and O–H groups in total. The minimum absolute atomic E-state index is 0.169. The number of aromatic nitrogens is 3. The van der Waals surface area contributed by atoms with Gasteiger partial charge in [-0.2, -0.15) is 0 Å². The van der Waals surface area contributed by atoms with Crippen molar-refractivity contribution in [3.63, 3.8) is 0 Å². The summed E-state index contributed by atoms with van der Waals surface area (Å²) in [5, 5.41) is 6.58. The monoisotopic (exact) mass is 392 g/mol. The Hall–Kier alpha value is -2.06. The number of nitrogens with one attached hydrogen (secondary N) is 1. The average molecular weight is 393 g/mol. The number of thiazole rings is 1. The second-order valence-electron chi connectivity index (χ2n) is 4.63. The molecule has 0 fully saturated rings. The molecule has 0 atom stereocenters. The maximum Gasteiger partial charge on any atom is 0.311 e. The van der Waals surface area contributed by atoms with Crippen molar-refractivity contribution < 1.29 is 9.53 Å². The zero-order chi connectivity index (χ0) is 16.2. The molecule has 0 aliphatic heterocycles. The molecule has 0 aliphatic rings. The van der Waals surface area contributed by atoms with Gasteiger partial charge in [-0.05, 0) is 25.1 Å². The first kappa shape index (κ1) is 15.8. The van der Waals surface area contributed by atoms with E-state index in [1.807, 2.05) is 23.6 Å². The molecule has 0 radical (unpaired) electrons. The van der Waals surface area contributed by atoms with Gasteiger partial charge in [0.15, 0.2) is 5.13 Å². The topological polar surface area (TPSA) is 77.0 Å². The molecule has 118 valence electrons. The smallest absolute Gasteiger partial charge is 0.311 e. The number of fused-ring (bicyclic) bond motifs is 1. The highest BCUT2D eigenvalue weighted by molar-refractivity contribution is 9.10. The summed E-state index contributed by atoms with van der Waals surface area (Å²) in [7, 11) is 0. The first-order valence-electron chi connectivity index (χ1n) is 6.93. The van der Waals surface area contributed by atoms with Crippen LogP contribution >= 0.6 is 27.3 Å². The van der Waals surface area contributed by atoms with Crippen LogP contribution in [0, 0.1) is 0 Å². The fourth-order valence-electron chi connectivity index (χ4n) is 2.04. The Balaban J connectivity index is 1.81. The number of carbonyl (C=O) groups is 1. The normalized spacial score (nSPS) is 10.7. The zero-order valence-electron chi connectivity index (χ0n) is 12.2. The number of hydrogen-bond donors (Lipinski definition) is 1. The highest BCUT2D eigenvalue weighted by atomic mass is 79.9. The molecule has 1 aromatic carbocycles. The number of carbonyl (C=O) groups excluding carboxylic acids is 1. The molecule has 0 saturated heterocycles. The maximum atomic E-state index is 11.5. The number of ether oxygens (including phenoxy) is 1. The van der Waals surface area contributed by atoms with Crippen molar-refractivity contribution >= 4 is 55.1 Å². The lowest BCUT2D eigenvalue weighted by atomic mass is 10.2. The minimum atomic E-state index is -0.277. The van der Waals surface area contributed by atoms with Crippen LogP contribution in [0.15, 0.2) is 34.4 Å². The number of rotatable bonds is 5. The van der Waals surface area contributed by atoms with E-state index in [4.69, 9.17) is 4.74 Å². The van der Waals surface area contributed by atoms with Gasteiger partial charge in [0, 0.05) is 15.2 Å². The zero-order valence-corrected chi connectivity index (χ0v) is 14.6. The molecule has 0 saturated carbocycles. The summed E-state index contributed by atoms with van der Waals surface area (Å²) in [6, 6.07) is 5.80. The van der Waals surface area contributed by atoms with Crippen molar-refractivity contribution in [3.8, 4) is 0 Å². The molecule has 2 aromatic heterocycles. The van der Waals surface area contributed by atoms with Gasteiger partial charge in [-0.25, -0.2) is 15.0 Å². The van der Waals surface area contributed by atoms with Gasteiger partial charge < -0.3 is 10.1 Å². The highest BCUT2D eigenvalue weighted by Crippen LogP contribution is 2.27. The van der Waals surface area contributed by atoms with Crippen LogP contribution in [0.4, 0.5) is 10.9 Å². The Morgan fingerprint density at radius 2 is 2.26 bits per heavy atom. The number of benzene rings is 1. The van der Waals surface area contributed by atoms with Crippen LogP contribution in [-0.2, 0) is 16.0 Å². The molecule has 3 aromatic rings. The first-order chi connectivity index (χ1) is 11.2. The average Bonchev–Trinajstić information content (AvgIpc) is 2.95. The van der Waals surface area contributed by atoms with Gasteiger partial charge in [0.05, 0.1) is 24.2 Å². The number of halogens is 1. The Kier molecular flexibility index (Phi) is 4.82. The third kappa shape index (κ3) is 3.83. The van der Waals surface area contributed by atoms with Gasteiger partial charge >= 0.3 is 5.97 Å². The summed E-state index contributed by atoms with van der Waals surface area (Å²) in [5.41, 5.74) is 1.52. The third-order valence-electron chi connectivity index (χ3n) is 3.01. The second-order valence-corrected chi connectivity index (χ2v) is 6.41. The van der Waals surface area contributed by atoms with E-state index >= 15 is 0 Å². The second kappa shape index (κ2) is 7.01. The van der Waals surface area contributed by atoms with E-state index in [2.05, 4.69) is 36.2 Å².